The number of aromatic nitrogens is 2. The Balaban J connectivity index is 1.59. The summed E-state index contributed by atoms with van der Waals surface area (Å²) in [6, 6.07) is 13.5. The first-order valence-electron chi connectivity index (χ1n) is 10.8. The number of para-hydroxylation sites is 1. The summed E-state index contributed by atoms with van der Waals surface area (Å²) in [5.74, 6) is 0.655. The number of piperidine rings is 1. The largest absolute Gasteiger partial charge is 0.350 e. The third-order valence-corrected chi connectivity index (χ3v) is 6.13. The Morgan fingerprint density at radius 2 is 1.97 bits per heavy atom. The maximum atomic E-state index is 13.3. The number of rotatable bonds is 5. The van der Waals surface area contributed by atoms with Crippen molar-refractivity contribution in [1.82, 2.24) is 20.2 Å². The molecule has 30 heavy (non-hydrogen) atoms. The molecule has 5 heteroatoms. The highest BCUT2D eigenvalue weighted by atomic mass is 16.1. The number of amides is 1. The molecular formula is C25H30N4O. The standard InChI is InChI=1S/C25H30N4O/c1-18-7-6-14-29(16-18)25(2,3)17-27-24(30)21-15-23(19-10-12-26-13-11-19)28-22-9-5-4-8-20(21)22/h4-5,8-13,15,18H,6-7,14,16-17H2,1-3H3,(H,27,30). The minimum absolute atomic E-state index is 0.0537. The van der Waals surface area contributed by atoms with E-state index in [1.165, 1.54) is 12.8 Å². The highest BCUT2D eigenvalue weighted by Gasteiger charge is 2.30. The van der Waals surface area contributed by atoms with Crippen molar-refractivity contribution in [2.45, 2.75) is 39.2 Å². The number of nitrogens with zero attached hydrogens (tertiary/aromatic N) is 3. The fourth-order valence-electron chi connectivity index (χ4n) is 4.28. The van der Waals surface area contributed by atoms with Gasteiger partial charge in [-0.15, -0.1) is 0 Å². The van der Waals surface area contributed by atoms with Gasteiger partial charge >= 0.3 is 0 Å². The fourth-order valence-corrected chi connectivity index (χ4v) is 4.28. The minimum Gasteiger partial charge on any atom is -0.350 e. The lowest BCUT2D eigenvalue weighted by molar-refractivity contribution is 0.0658. The molecule has 0 saturated carbocycles. The van der Waals surface area contributed by atoms with E-state index in [9.17, 15) is 4.79 Å². The molecule has 0 bridgehead atoms. The average molecular weight is 403 g/mol. The molecule has 1 atom stereocenters. The van der Waals surface area contributed by atoms with Crippen LogP contribution in [0.5, 0.6) is 0 Å². The Hall–Kier alpha value is -2.79. The van der Waals surface area contributed by atoms with Gasteiger partial charge in [0, 0.05) is 42.0 Å². The number of hydrogen-bond acceptors (Lipinski definition) is 4. The maximum Gasteiger partial charge on any atom is 0.252 e. The molecule has 1 N–H and O–H groups in total. The summed E-state index contributed by atoms with van der Waals surface area (Å²) in [5.41, 5.74) is 3.13. The molecule has 1 aliphatic rings. The molecule has 1 aliphatic heterocycles. The van der Waals surface area contributed by atoms with Crippen molar-refractivity contribution in [2.24, 2.45) is 5.92 Å². The second kappa shape index (κ2) is 8.52. The zero-order chi connectivity index (χ0) is 21.1. The van der Waals surface area contributed by atoms with E-state index < -0.39 is 0 Å². The predicted molar refractivity (Wildman–Crippen MR) is 121 cm³/mol. The first kappa shape index (κ1) is 20.5. The van der Waals surface area contributed by atoms with E-state index in [1.807, 2.05) is 42.5 Å². The Kier molecular flexibility index (Phi) is 5.82. The van der Waals surface area contributed by atoms with Crippen LogP contribution >= 0.6 is 0 Å². The third-order valence-electron chi connectivity index (χ3n) is 6.13. The number of fused-ring (bicyclic) bond motifs is 1. The number of nitrogens with one attached hydrogen (secondary N) is 1. The van der Waals surface area contributed by atoms with E-state index in [4.69, 9.17) is 4.98 Å². The number of benzene rings is 1. The molecule has 0 aliphatic carbocycles. The van der Waals surface area contributed by atoms with Gasteiger partial charge in [-0.3, -0.25) is 14.7 Å². The molecule has 1 amide bonds. The molecule has 1 fully saturated rings. The lowest BCUT2D eigenvalue weighted by Crippen LogP contribution is -2.54. The van der Waals surface area contributed by atoms with Crippen molar-refractivity contribution >= 4 is 16.8 Å². The molecule has 0 radical (unpaired) electrons. The van der Waals surface area contributed by atoms with Crippen LogP contribution < -0.4 is 5.32 Å². The zero-order valence-corrected chi connectivity index (χ0v) is 18.1. The van der Waals surface area contributed by atoms with E-state index in [1.54, 1.807) is 12.4 Å². The second-order valence-electron chi connectivity index (χ2n) is 9.00. The van der Waals surface area contributed by atoms with Gasteiger partial charge in [0.05, 0.1) is 16.8 Å². The Labute approximate surface area is 178 Å². The number of pyridine rings is 2. The van der Waals surface area contributed by atoms with E-state index in [0.717, 1.165) is 35.2 Å². The normalized spacial score (nSPS) is 17.8. The van der Waals surface area contributed by atoms with Crippen molar-refractivity contribution in [3.05, 3.63) is 60.4 Å². The van der Waals surface area contributed by atoms with Gasteiger partial charge in [-0.25, -0.2) is 4.98 Å². The third kappa shape index (κ3) is 4.36. The molecule has 3 aromatic rings. The van der Waals surface area contributed by atoms with Crippen LogP contribution in [0, 0.1) is 5.92 Å². The van der Waals surface area contributed by atoms with Crippen molar-refractivity contribution in [3.8, 4) is 11.3 Å². The smallest absolute Gasteiger partial charge is 0.252 e. The van der Waals surface area contributed by atoms with Crippen molar-refractivity contribution in [2.75, 3.05) is 19.6 Å². The van der Waals surface area contributed by atoms with Crippen LogP contribution in [0.2, 0.25) is 0 Å². The van der Waals surface area contributed by atoms with E-state index >= 15 is 0 Å². The van der Waals surface area contributed by atoms with Gasteiger partial charge in [0.2, 0.25) is 0 Å². The van der Waals surface area contributed by atoms with Crippen LogP contribution in [0.25, 0.3) is 22.2 Å². The van der Waals surface area contributed by atoms with Crippen LogP contribution in [0.3, 0.4) is 0 Å². The molecule has 1 saturated heterocycles. The summed E-state index contributed by atoms with van der Waals surface area (Å²) in [6.07, 6.45) is 6.00. The first-order chi connectivity index (χ1) is 14.4. The number of carbonyl (C=O) groups is 1. The predicted octanol–water partition coefficient (Wildman–Crippen LogP) is 4.54. The van der Waals surface area contributed by atoms with Crippen molar-refractivity contribution in [1.29, 1.82) is 0 Å². The van der Waals surface area contributed by atoms with Crippen LogP contribution in [0.1, 0.15) is 44.0 Å². The topological polar surface area (TPSA) is 58.1 Å². The van der Waals surface area contributed by atoms with E-state index in [-0.39, 0.29) is 11.4 Å². The van der Waals surface area contributed by atoms with Gasteiger partial charge in [0.25, 0.3) is 5.91 Å². The number of hydrogen-bond donors (Lipinski definition) is 1. The maximum absolute atomic E-state index is 13.3. The molecule has 2 aromatic heterocycles. The van der Waals surface area contributed by atoms with Crippen molar-refractivity contribution < 1.29 is 4.79 Å². The highest BCUT2D eigenvalue weighted by Crippen LogP contribution is 2.26. The Bertz CT molecular complexity index is 1030. The van der Waals surface area contributed by atoms with Crippen molar-refractivity contribution in [3.63, 3.8) is 0 Å². The summed E-state index contributed by atoms with van der Waals surface area (Å²) < 4.78 is 0. The Morgan fingerprint density at radius 1 is 1.20 bits per heavy atom. The lowest BCUT2D eigenvalue weighted by Gasteiger charge is -2.43. The average Bonchev–Trinajstić information content (AvgIpc) is 2.77. The first-order valence-corrected chi connectivity index (χ1v) is 10.8. The van der Waals surface area contributed by atoms with Gasteiger partial charge < -0.3 is 5.32 Å². The molecule has 1 aromatic carbocycles. The lowest BCUT2D eigenvalue weighted by atomic mass is 9.93. The molecule has 156 valence electrons. The zero-order valence-electron chi connectivity index (χ0n) is 18.1. The molecule has 3 heterocycles. The van der Waals surface area contributed by atoms with E-state index in [2.05, 4.69) is 36.0 Å². The van der Waals surface area contributed by atoms with Crippen LogP contribution in [-0.2, 0) is 0 Å². The van der Waals surface area contributed by atoms with Gasteiger partial charge in [-0.05, 0) is 63.4 Å². The molecular weight excluding hydrogens is 372 g/mol. The van der Waals surface area contributed by atoms with Gasteiger partial charge in [-0.2, -0.15) is 0 Å². The number of carbonyl (C=O) groups excluding carboxylic acids is 1. The van der Waals surface area contributed by atoms with E-state index in [0.29, 0.717) is 18.0 Å². The van der Waals surface area contributed by atoms with Gasteiger partial charge in [0.15, 0.2) is 0 Å². The minimum atomic E-state index is -0.0822. The summed E-state index contributed by atoms with van der Waals surface area (Å²) >= 11 is 0. The van der Waals surface area contributed by atoms with Crippen LogP contribution in [0.15, 0.2) is 54.9 Å². The monoisotopic (exact) mass is 402 g/mol. The summed E-state index contributed by atoms with van der Waals surface area (Å²) in [7, 11) is 0. The fraction of sp³-hybridized carbons (Fsp3) is 0.400. The molecule has 0 spiro atoms. The van der Waals surface area contributed by atoms with Crippen LogP contribution in [-0.4, -0.2) is 45.9 Å². The highest BCUT2D eigenvalue weighted by molar-refractivity contribution is 6.07. The summed E-state index contributed by atoms with van der Waals surface area (Å²) in [5, 5.41) is 4.07. The molecule has 1 unspecified atom stereocenters. The van der Waals surface area contributed by atoms with Gasteiger partial charge in [0.1, 0.15) is 0 Å². The van der Waals surface area contributed by atoms with Gasteiger partial charge in [-0.1, -0.05) is 25.1 Å². The molecule has 5 nitrogen and oxygen atoms in total. The Morgan fingerprint density at radius 3 is 2.73 bits per heavy atom. The molecule has 4 rings (SSSR count). The summed E-state index contributed by atoms with van der Waals surface area (Å²) in [6.45, 7) is 9.55. The quantitative estimate of drug-likeness (QED) is 0.681. The summed E-state index contributed by atoms with van der Waals surface area (Å²) in [4.78, 5) is 24.6. The number of likely N-dealkylation sites (tertiary alicyclic amines) is 1. The second-order valence-corrected chi connectivity index (χ2v) is 9.00. The van der Waals surface area contributed by atoms with Crippen LogP contribution in [0.4, 0.5) is 0 Å². The SMILES string of the molecule is CC1CCCN(C(C)(C)CNC(=O)c2cc(-c3ccncc3)nc3ccccc23)C1.